The zero-order valence-electron chi connectivity index (χ0n) is 16.6. The highest BCUT2D eigenvalue weighted by Gasteiger charge is 2.41. The van der Waals surface area contributed by atoms with Crippen molar-refractivity contribution in [1.29, 1.82) is 0 Å². The minimum atomic E-state index is -0.611. The van der Waals surface area contributed by atoms with Gasteiger partial charge in [0.1, 0.15) is 12.4 Å². The van der Waals surface area contributed by atoms with Gasteiger partial charge in [0.05, 0.1) is 24.3 Å². The Kier molecular flexibility index (Phi) is 7.13. The van der Waals surface area contributed by atoms with E-state index in [1.54, 1.807) is 0 Å². The van der Waals surface area contributed by atoms with E-state index in [1.807, 2.05) is 51.1 Å². The first kappa shape index (κ1) is 21.1. The number of likely N-dealkylation sites (tertiary alicyclic amines) is 1. The lowest BCUT2D eigenvalue weighted by Gasteiger charge is -2.25. The molecular weight excluding hydrogens is 346 g/mol. The summed E-state index contributed by atoms with van der Waals surface area (Å²) in [5.41, 5.74) is 0.508. The lowest BCUT2D eigenvalue weighted by Crippen LogP contribution is -2.41. The molecule has 1 aliphatic rings. The molecule has 0 N–H and O–H groups in total. The maximum absolute atomic E-state index is 12.6. The molecule has 1 unspecified atom stereocenters. The molecule has 0 bridgehead atoms. The molecule has 0 radical (unpaired) electrons. The van der Waals surface area contributed by atoms with E-state index in [-0.39, 0.29) is 42.7 Å². The Bertz CT molecular complexity index is 665. The first-order chi connectivity index (χ1) is 12.7. The van der Waals surface area contributed by atoms with Crippen LogP contribution in [0.4, 0.5) is 4.79 Å². The van der Waals surface area contributed by atoms with Crippen LogP contribution in [-0.2, 0) is 25.7 Å². The van der Waals surface area contributed by atoms with Crippen LogP contribution in [0, 0.1) is 0 Å². The number of hydrogen-bond acceptors (Lipinski definition) is 5. The van der Waals surface area contributed by atoms with Crippen molar-refractivity contribution in [2.24, 2.45) is 0 Å². The van der Waals surface area contributed by atoms with E-state index in [0.717, 1.165) is 5.56 Å². The number of carbonyl (C=O) groups is 3. The third kappa shape index (κ3) is 6.79. The zero-order chi connectivity index (χ0) is 20.0. The minimum Gasteiger partial charge on any atom is -0.445 e. The number of amides is 1. The van der Waals surface area contributed by atoms with Crippen molar-refractivity contribution in [2.45, 2.75) is 71.3 Å². The van der Waals surface area contributed by atoms with E-state index in [1.165, 1.54) is 11.8 Å². The number of Topliss-reactive ketones (excluding diaryl/α,β-unsaturated/α-hetero) is 2. The van der Waals surface area contributed by atoms with Crippen LogP contribution in [0.5, 0.6) is 0 Å². The highest BCUT2D eigenvalue weighted by Crippen LogP contribution is 2.27. The summed E-state index contributed by atoms with van der Waals surface area (Å²) in [5, 5.41) is 0. The molecule has 1 aliphatic heterocycles. The van der Waals surface area contributed by atoms with Crippen LogP contribution in [0.3, 0.4) is 0 Å². The molecule has 6 heteroatoms. The van der Waals surface area contributed by atoms with Gasteiger partial charge in [-0.25, -0.2) is 4.79 Å². The molecule has 1 aromatic rings. The molecule has 1 heterocycles. The van der Waals surface area contributed by atoms with Crippen molar-refractivity contribution < 1.29 is 23.9 Å². The van der Waals surface area contributed by atoms with Gasteiger partial charge in [-0.05, 0) is 33.3 Å². The largest absolute Gasteiger partial charge is 0.445 e. The Morgan fingerprint density at radius 3 is 2.37 bits per heavy atom. The van der Waals surface area contributed by atoms with Crippen LogP contribution in [0.15, 0.2) is 30.3 Å². The van der Waals surface area contributed by atoms with Crippen LogP contribution in [0.25, 0.3) is 0 Å². The topological polar surface area (TPSA) is 72.9 Å². The summed E-state index contributed by atoms with van der Waals surface area (Å²) in [7, 11) is 0. The Labute approximate surface area is 160 Å². The number of carbonyl (C=O) groups excluding carboxylic acids is 3. The Morgan fingerprint density at radius 1 is 1.11 bits per heavy atom. The molecule has 2 atom stereocenters. The summed E-state index contributed by atoms with van der Waals surface area (Å²) in [4.78, 5) is 37.9. The molecule has 1 aromatic carbocycles. The standard InChI is InChI=1S/C21H29NO5/c1-15(23)10-11-19(24)18-12-17(27-21(2,3)4)13-22(18)20(25)26-14-16-8-6-5-7-9-16/h5-9,17-18H,10-14H2,1-4H3/t17?,18-/m0/s1. The van der Waals surface area contributed by atoms with Crippen LogP contribution >= 0.6 is 0 Å². The molecular formula is C21H29NO5. The smallest absolute Gasteiger partial charge is 0.410 e. The Morgan fingerprint density at radius 2 is 1.78 bits per heavy atom. The maximum atomic E-state index is 12.6. The summed E-state index contributed by atoms with van der Waals surface area (Å²) >= 11 is 0. The molecule has 148 valence electrons. The summed E-state index contributed by atoms with van der Waals surface area (Å²) in [5.74, 6) is -0.163. The fourth-order valence-corrected chi connectivity index (χ4v) is 3.16. The average molecular weight is 375 g/mol. The van der Waals surface area contributed by atoms with Gasteiger partial charge in [0.2, 0.25) is 0 Å². The molecule has 1 amide bonds. The molecule has 1 saturated heterocycles. The number of benzene rings is 1. The van der Waals surface area contributed by atoms with Crippen molar-refractivity contribution in [3.05, 3.63) is 35.9 Å². The Hall–Kier alpha value is -2.21. The third-order valence-corrected chi connectivity index (χ3v) is 4.32. The molecule has 2 rings (SSSR count). The van der Waals surface area contributed by atoms with Gasteiger partial charge in [-0.1, -0.05) is 30.3 Å². The highest BCUT2D eigenvalue weighted by molar-refractivity contribution is 5.91. The first-order valence-corrected chi connectivity index (χ1v) is 9.33. The van der Waals surface area contributed by atoms with Gasteiger partial charge in [-0.2, -0.15) is 0 Å². The van der Waals surface area contributed by atoms with Gasteiger partial charge < -0.3 is 14.3 Å². The fraction of sp³-hybridized carbons (Fsp3) is 0.571. The van der Waals surface area contributed by atoms with E-state index in [2.05, 4.69) is 0 Å². The van der Waals surface area contributed by atoms with Crippen molar-refractivity contribution in [3.8, 4) is 0 Å². The van der Waals surface area contributed by atoms with Gasteiger partial charge >= 0.3 is 6.09 Å². The first-order valence-electron chi connectivity index (χ1n) is 9.33. The van der Waals surface area contributed by atoms with E-state index >= 15 is 0 Å². The second-order valence-corrected chi connectivity index (χ2v) is 7.96. The van der Waals surface area contributed by atoms with Gasteiger partial charge in [0.15, 0.2) is 5.78 Å². The predicted molar refractivity (Wildman–Crippen MR) is 101 cm³/mol. The fourth-order valence-electron chi connectivity index (χ4n) is 3.16. The minimum absolute atomic E-state index is 0.0398. The zero-order valence-corrected chi connectivity index (χ0v) is 16.6. The average Bonchev–Trinajstić information content (AvgIpc) is 3.00. The second kappa shape index (κ2) is 9.13. The van der Waals surface area contributed by atoms with Gasteiger partial charge in [0.25, 0.3) is 0 Å². The molecule has 0 spiro atoms. The monoisotopic (exact) mass is 375 g/mol. The van der Waals surface area contributed by atoms with E-state index in [9.17, 15) is 14.4 Å². The van der Waals surface area contributed by atoms with E-state index in [4.69, 9.17) is 9.47 Å². The second-order valence-electron chi connectivity index (χ2n) is 7.96. The highest BCUT2D eigenvalue weighted by atomic mass is 16.6. The predicted octanol–water partition coefficient (Wildman–Crippen LogP) is 3.52. The molecule has 27 heavy (non-hydrogen) atoms. The summed E-state index contributed by atoms with van der Waals surface area (Å²) in [6.45, 7) is 7.73. The normalized spacial score (nSPS) is 19.8. The van der Waals surface area contributed by atoms with Gasteiger partial charge in [0, 0.05) is 19.3 Å². The lowest BCUT2D eigenvalue weighted by molar-refractivity contribution is -0.126. The van der Waals surface area contributed by atoms with Crippen LogP contribution < -0.4 is 0 Å². The third-order valence-electron chi connectivity index (χ3n) is 4.32. The molecule has 6 nitrogen and oxygen atoms in total. The summed E-state index contributed by atoms with van der Waals surface area (Å²) < 4.78 is 11.4. The van der Waals surface area contributed by atoms with Crippen molar-refractivity contribution in [1.82, 2.24) is 4.90 Å². The van der Waals surface area contributed by atoms with Crippen LogP contribution in [0.1, 0.15) is 52.5 Å². The number of nitrogens with zero attached hydrogens (tertiary/aromatic N) is 1. The van der Waals surface area contributed by atoms with Crippen molar-refractivity contribution in [2.75, 3.05) is 6.54 Å². The number of ketones is 2. The Balaban J connectivity index is 2.04. The molecule has 0 aromatic heterocycles. The lowest BCUT2D eigenvalue weighted by atomic mass is 10.0. The number of hydrogen-bond donors (Lipinski definition) is 0. The quantitative estimate of drug-likeness (QED) is 0.729. The van der Waals surface area contributed by atoms with Crippen molar-refractivity contribution in [3.63, 3.8) is 0 Å². The SMILES string of the molecule is CC(=O)CCC(=O)[C@@H]1CC(OC(C)(C)C)CN1C(=O)OCc1ccccc1. The molecule has 0 saturated carbocycles. The van der Waals surface area contributed by atoms with Crippen LogP contribution in [0.2, 0.25) is 0 Å². The van der Waals surface area contributed by atoms with E-state index in [0.29, 0.717) is 13.0 Å². The number of ether oxygens (including phenoxy) is 2. The molecule has 1 fully saturated rings. The van der Waals surface area contributed by atoms with Crippen LogP contribution in [-0.4, -0.2) is 46.9 Å². The summed E-state index contributed by atoms with van der Waals surface area (Å²) in [6.07, 6.45) is -0.0211. The van der Waals surface area contributed by atoms with E-state index < -0.39 is 12.1 Å². The molecule has 0 aliphatic carbocycles. The number of rotatable bonds is 7. The van der Waals surface area contributed by atoms with Crippen molar-refractivity contribution >= 4 is 17.7 Å². The maximum Gasteiger partial charge on any atom is 0.410 e. The summed E-state index contributed by atoms with van der Waals surface area (Å²) in [6, 6.07) is 8.78. The van der Waals surface area contributed by atoms with Gasteiger partial charge in [-0.15, -0.1) is 0 Å². The van der Waals surface area contributed by atoms with Gasteiger partial charge in [-0.3, -0.25) is 9.69 Å².